The average Bonchev–Trinajstić information content (AvgIpc) is 3.31. The Kier molecular flexibility index (Phi) is 6.54. The number of benzene rings is 4. The Balaban J connectivity index is 1.28. The van der Waals surface area contributed by atoms with Crippen LogP contribution < -0.4 is 10.1 Å². The number of halogens is 1. The van der Waals surface area contributed by atoms with Crippen molar-refractivity contribution in [2.24, 2.45) is 0 Å². The van der Waals surface area contributed by atoms with Crippen molar-refractivity contribution in [1.29, 1.82) is 0 Å². The predicted molar refractivity (Wildman–Crippen MR) is 136 cm³/mol. The standard InChI is InChI=1S/C29H20FNO6/c30-23-10-6-19(7-11-23)21-8-12-25(27(16-21)37-29(33)34)31-28(32)35-17-24-15-22-14-20(9-13-26(22)36-24)18-4-2-1-3-5-18/h1-16H,17H2,(H,31,32)(H,33,34). The molecule has 0 radical (unpaired) electrons. The van der Waals surface area contributed by atoms with Gasteiger partial charge in [-0.1, -0.05) is 54.6 Å². The SMILES string of the molecule is O=C(O)Oc1cc(-c2ccc(F)cc2)ccc1NC(=O)OCc1cc2cc(-c3ccccc3)ccc2o1. The topological polar surface area (TPSA) is 98.0 Å². The van der Waals surface area contributed by atoms with Crippen molar-refractivity contribution < 1.29 is 33.0 Å². The summed E-state index contributed by atoms with van der Waals surface area (Å²) in [5, 5.41) is 12.5. The van der Waals surface area contributed by atoms with Gasteiger partial charge >= 0.3 is 12.2 Å². The van der Waals surface area contributed by atoms with Crippen molar-refractivity contribution in [3.63, 3.8) is 0 Å². The van der Waals surface area contributed by atoms with Gasteiger partial charge in [0.25, 0.3) is 0 Å². The van der Waals surface area contributed by atoms with Crippen LogP contribution >= 0.6 is 0 Å². The minimum absolute atomic E-state index is 0.0929. The van der Waals surface area contributed by atoms with Crippen LogP contribution in [0.3, 0.4) is 0 Å². The second kappa shape index (κ2) is 10.2. The van der Waals surface area contributed by atoms with E-state index >= 15 is 0 Å². The van der Waals surface area contributed by atoms with Gasteiger partial charge in [-0.05, 0) is 64.7 Å². The molecule has 0 atom stereocenters. The molecule has 1 amide bonds. The maximum Gasteiger partial charge on any atom is 0.511 e. The van der Waals surface area contributed by atoms with Gasteiger partial charge in [-0.3, -0.25) is 5.32 Å². The normalized spacial score (nSPS) is 10.7. The molecule has 0 saturated heterocycles. The van der Waals surface area contributed by atoms with Crippen LogP contribution in [-0.2, 0) is 11.3 Å². The van der Waals surface area contributed by atoms with Crippen molar-refractivity contribution in [1.82, 2.24) is 0 Å². The number of ether oxygens (including phenoxy) is 2. The summed E-state index contributed by atoms with van der Waals surface area (Å²) in [7, 11) is 0. The second-order valence-electron chi connectivity index (χ2n) is 8.12. The lowest BCUT2D eigenvalue weighted by atomic mass is 10.0. The highest BCUT2D eigenvalue weighted by Crippen LogP contribution is 2.32. The number of fused-ring (bicyclic) bond motifs is 1. The number of hydrogen-bond donors (Lipinski definition) is 2. The maximum atomic E-state index is 13.2. The number of furan rings is 1. The summed E-state index contributed by atoms with van der Waals surface area (Å²) in [6.45, 7) is -0.135. The summed E-state index contributed by atoms with van der Waals surface area (Å²) in [4.78, 5) is 23.6. The summed E-state index contributed by atoms with van der Waals surface area (Å²) in [5.41, 5.74) is 4.09. The lowest BCUT2D eigenvalue weighted by Crippen LogP contribution is -2.15. The highest BCUT2D eigenvalue weighted by Gasteiger charge is 2.15. The largest absolute Gasteiger partial charge is 0.511 e. The Hall–Kier alpha value is -5.11. The van der Waals surface area contributed by atoms with E-state index in [1.165, 1.54) is 24.3 Å². The van der Waals surface area contributed by atoms with Crippen molar-refractivity contribution >= 4 is 28.9 Å². The van der Waals surface area contributed by atoms with Crippen LogP contribution in [0.15, 0.2) is 101 Å². The van der Waals surface area contributed by atoms with Gasteiger partial charge < -0.3 is 19.0 Å². The summed E-state index contributed by atoms with van der Waals surface area (Å²) in [6, 6.07) is 27.8. The van der Waals surface area contributed by atoms with Crippen molar-refractivity contribution in [2.45, 2.75) is 6.61 Å². The van der Waals surface area contributed by atoms with Crippen molar-refractivity contribution in [3.05, 3.63) is 109 Å². The predicted octanol–water partition coefficient (Wildman–Crippen LogP) is 7.71. The van der Waals surface area contributed by atoms with Gasteiger partial charge in [-0.2, -0.15) is 0 Å². The first-order valence-electron chi connectivity index (χ1n) is 11.3. The Morgan fingerprint density at radius 1 is 0.811 bits per heavy atom. The van der Waals surface area contributed by atoms with Crippen LogP contribution in [0.25, 0.3) is 33.2 Å². The van der Waals surface area contributed by atoms with E-state index in [1.54, 1.807) is 24.3 Å². The lowest BCUT2D eigenvalue weighted by Gasteiger charge is -2.12. The monoisotopic (exact) mass is 497 g/mol. The van der Waals surface area contributed by atoms with Crippen molar-refractivity contribution in [2.75, 3.05) is 5.32 Å². The Morgan fingerprint density at radius 2 is 1.49 bits per heavy atom. The van der Waals surface area contributed by atoms with Crippen LogP contribution in [0.2, 0.25) is 0 Å². The number of amides is 1. The molecule has 2 N–H and O–H groups in total. The highest BCUT2D eigenvalue weighted by atomic mass is 19.1. The van der Waals surface area contributed by atoms with Crippen molar-refractivity contribution in [3.8, 4) is 28.0 Å². The fourth-order valence-corrected chi connectivity index (χ4v) is 3.89. The molecule has 184 valence electrons. The van der Waals surface area contributed by atoms with E-state index in [0.29, 0.717) is 22.5 Å². The molecule has 5 aromatic rings. The minimum Gasteiger partial charge on any atom is -0.457 e. The van der Waals surface area contributed by atoms with Gasteiger partial charge in [0.05, 0.1) is 5.69 Å². The molecule has 0 aliphatic carbocycles. The Bertz CT molecular complexity index is 1580. The number of hydrogen-bond acceptors (Lipinski definition) is 5. The van der Waals surface area contributed by atoms with E-state index in [1.807, 2.05) is 48.5 Å². The van der Waals surface area contributed by atoms with Crippen LogP contribution in [0, 0.1) is 5.82 Å². The molecule has 37 heavy (non-hydrogen) atoms. The Morgan fingerprint density at radius 3 is 2.24 bits per heavy atom. The van der Waals surface area contributed by atoms with Gasteiger partial charge in [-0.15, -0.1) is 0 Å². The van der Waals surface area contributed by atoms with E-state index in [2.05, 4.69) is 5.32 Å². The molecular formula is C29H20FNO6. The van der Waals surface area contributed by atoms with Crippen LogP contribution in [0.5, 0.6) is 5.75 Å². The maximum absolute atomic E-state index is 13.2. The number of carbonyl (C=O) groups excluding carboxylic acids is 1. The zero-order chi connectivity index (χ0) is 25.8. The molecule has 4 aromatic carbocycles. The second-order valence-corrected chi connectivity index (χ2v) is 8.12. The number of rotatable bonds is 6. The van der Waals surface area contributed by atoms with E-state index in [9.17, 15) is 14.0 Å². The summed E-state index contributed by atoms with van der Waals surface area (Å²) in [5.74, 6) is -0.0552. The summed E-state index contributed by atoms with van der Waals surface area (Å²) in [6.07, 6.45) is -2.37. The van der Waals surface area contributed by atoms with E-state index in [0.717, 1.165) is 16.5 Å². The molecule has 1 heterocycles. The third kappa shape index (κ3) is 5.59. The van der Waals surface area contributed by atoms with E-state index in [4.69, 9.17) is 19.0 Å². The smallest absolute Gasteiger partial charge is 0.457 e. The molecule has 0 saturated carbocycles. The lowest BCUT2D eigenvalue weighted by molar-refractivity contribution is 0.142. The van der Waals surface area contributed by atoms with Gasteiger partial charge in [0.2, 0.25) is 0 Å². The molecule has 0 aliphatic rings. The molecule has 0 unspecified atom stereocenters. The van der Waals surface area contributed by atoms with Gasteiger partial charge in [0, 0.05) is 5.39 Å². The zero-order valence-electron chi connectivity index (χ0n) is 19.3. The zero-order valence-corrected chi connectivity index (χ0v) is 19.3. The third-order valence-electron chi connectivity index (χ3n) is 5.61. The number of nitrogens with one attached hydrogen (secondary N) is 1. The van der Waals surface area contributed by atoms with Crippen LogP contribution in [-0.4, -0.2) is 17.4 Å². The molecule has 8 heteroatoms. The van der Waals surface area contributed by atoms with E-state index < -0.39 is 18.1 Å². The van der Waals surface area contributed by atoms with Gasteiger partial charge in [-0.25, -0.2) is 14.0 Å². The summed E-state index contributed by atoms with van der Waals surface area (Å²) < 4.78 is 29.1. The van der Waals surface area contributed by atoms with E-state index in [-0.39, 0.29) is 18.0 Å². The quantitative estimate of drug-likeness (QED) is 0.184. The minimum atomic E-state index is -1.55. The molecular weight excluding hydrogens is 477 g/mol. The van der Waals surface area contributed by atoms with Crippen LogP contribution in [0.1, 0.15) is 5.76 Å². The first kappa shape index (κ1) is 23.6. The molecule has 1 aromatic heterocycles. The molecule has 0 fully saturated rings. The average molecular weight is 497 g/mol. The molecule has 7 nitrogen and oxygen atoms in total. The van der Waals surface area contributed by atoms with Gasteiger partial charge in [0.15, 0.2) is 12.4 Å². The molecule has 5 rings (SSSR count). The van der Waals surface area contributed by atoms with Gasteiger partial charge in [0.1, 0.15) is 17.2 Å². The highest BCUT2D eigenvalue weighted by molar-refractivity contribution is 5.89. The number of carboxylic acid groups (broad SMARTS) is 1. The first-order chi connectivity index (χ1) is 17.9. The number of carbonyl (C=O) groups is 2. The molecule has 0 aliphatic heterocycles. The fraction of sp³-hybridized carbons (Fsp3) is 0.0345. The van der Waals surface area contributed by atoms with Crippen LogP contribution in [0.4, 0.5) is 19.7 Å². The molecule has 0 spiro atoms. The fourth-order valence-electron chi connectivity index (χ4n) is 3.89. The third-order valence-corrected chi connectivity index (χ3v) is 5.61. The summed E-state index contributed by atoms with van der Waals surface area (Å²) >= 11 is 0. The first-order valence-corrected chi connectivity index (χ1v) is 11.3. The number of anilines is 1. The Labute approximate surface area is 210 Å². The molecule has 0 bridgehead atoms.